The molecular weight excluding hydrogens is 532 g/mol. The Bertz CT molecular complexity index is 1610. The van der Waals surface area contributed by atoms with Gasteiger partial charge in [0.05, 0.1) is 0 Å². The molecular formula is C30H40N10O2. The largest absolute Gasteiger partial charge is 0.370 e. The van der Waals surface area contributed by atoms with E-state index in [9.17, 15) is 9.59 Å². The van der Waals surface area contributed by atoms with E-state index in [4.69, 9.17) is 22.9 Å². The van der Waals surface area contributed by atoms with Crippen LogP contribution in [-0.4, -0.2) is 52.4 Å². The Kier molecular flexibility index (Phi) is 9.69. The molecule has 42 heavy (non-hydrogen) atoms. The quantitative estimate of drug-likeness (QED) is 0.0726. The van der Waals surface area contributed by atoms with Crippen molar-refractivity contribution in [2.45, 2.75) is 45.7 Å². The van der Waals surface area contributed by atoms with Crippen LogP contribution in [0, 0.1) is 5.92 Å². The molecule has 1 atom stereocenters. The maximum Gasteiger partial charge on any atom is 0.267 e. The fourth-order valence-corrected chi connectivity index (χ4v) is 5.02. The summed E-state index contributed by atoms with van der Waals surface area (Å²) >= 11 is 0. The molecule has 2 heterocycles. The summed E-state index contributed by atoms with van der Waals surface area (Å²) in [5, 5.41) is 7.93. The molecule has 0 aliphatic heterocycles. The van der Waals surface area contributed by atoms with Crippen molar-refractivity contribution in [1.29, 1.82) is 0 Å². The number of aromatic nitrogens is 2. The zero-order valence-electron chi connectivity index (χ0n) is 24.1. The number of aryl methyl sites for hydroxylation is 1. The van der Waals surface area contributed by atoms with Crippen molar-refractivity contribution in [2.75, 3.05) is 18.4 Å². The van der Waals surface area contributed by atoms with Gasteiger partial charge in [-0.15, -0.1) is 0 Å². The first-order valence-corrected chi connectivity index (χ1v) is 14.0. The molecule has 0 spiro atoms. The molecule has 0 aliphatic rings. The number of H-pyrrole nitrogens is 1. The van der Waals surface area contributed by atoms with Crippen LogP contribution in [0.2, 0.25) is 0 Å². The van der Waals surface area contributed by atoms with Crippen molar-refractivity contribution in [3.63, 3.8) is 0 Å². The first-order valence-electron chi connectivity index (χ1n) is 14.0. The van der Waals surface area contributed by atoms with Gasteiger partial charge < -0.3 is 43.1 Å². The molecule has 0 fully saturated rings. The monoisotopic (exact) mass is 572 g/mol. The van der Waals surface area contributed by atoms with Gasteiger partial charge in [-0.1, -0.05) is 32.0 Å². The van der Waals surface area contributed by atoms with Crippen LogP contribution in [0.5, 0.6) is 0 Å². The van der Waals surface area contributed by atoms with Gasteiger partial charge in [0.15, 0.2) is 11.9 Å². The summed E-state index contributed by atoms with van der Waals surface area (Å²) in [6.45, 7) is 5.42. The number of benzene rings is 2. The minimum absolute atomic E-state index is 0.0273. The van der Waals surface area contributed by atoms with Crippen molar-refractivity contribution < 1.29 is 9.59 Å². The number of nitrogens with two attached hydrogens (primary N) is 4. The number of nitrogens with one attached hydrogen (secondary N) is 3. The molecule has 0 aliphatic carbocycles. The first kappa shape index (κ1) is 30.0. The lowest BCUT2D eigenvalue weighted by Crippen LogP contribution is -2.33. The van der Waals surface area contributed by atoms with Gasteiger partial charge in [-0.25, -0.2) is 4.99 Å². The van der Waals surface area contributed by atoms with Gasteiger partial charge in [0.1, 0.15) is 11.7 Å². The maximum absolute atomic E-state index is 13.4. The molecule has 2 amide bonds. The van der Waals surface area contributed by atoms with Crippen molar-refractivity contribution in [1.82, 2.24) is 14.9 Å². The Labute approximate surface area is 244 Å². The summed E-state index contributed by atoms with van der Waals surface area (Å²) in [6, 6.07) is 14.7. The number of anilines is 1. The smallest absolute Gasteiger partial charge is 0.267 e. The summed E-state index contributed by atoms with van der Waals surface area (Å²) in [5.41, 5.74) is 26.2. The van der Waals surface area contributed by atoms with E-state index in [0.717, 1.165) is 27.4 Å². The van der Waals surface area contributed by atoms with Crippen LogP contribution < -0.4 is 33.6 Å². The number of nitrogens with zero attached hydrogens (tertiary/aromatic N) is 3. The second kappa shape index (κ2) is 13.6. The van der Waals surface area contributed by atoms with E-state index in [2.05, 4.69) is 31.7 Å². The lowest BCUT2D eigenvalue weighted by Gasteiger charge is -2.15. The van der Waals surface area contributed by atoms with E-state index in [-0.39, 0.29) is 29.7 Å². The van der Waals surface area contributed by atoms with Gasteiger partial charge in [-0.2, -0.15) is 0 Å². The summed E-state index contributed by atoms with van der Waals surface area (Å²) < 4.78 is 1.95. The number of amides is 2. The Morgan fingerprint density at radius 2 is 1.81 bits per heavy atom. The number of rotatable bonds is 13. The van der Waals surface area contributed by atoms with Gasteiger partial charge >= 0.3 is 0 Å². The van der Waals surface area contributed by atoms with E-state index in [1.54, 1.807) is 6.07 Å². The van der Waals surface area contributed by atoms with Crippen LogP contribution in [0.4, 0.5) is 5.69 Å². The third-order valence-electron chi connectivity index (χ3n) is 6.89. The number of hydrogen-bond acceptors (Lipinski definition) is 4. The molecule has 11 N–H and O–H groups in total. The van der Waals surface area contributed by atoms with E-state index >= 15 is 0 Å². The van der Waals surface area contributed by atoms with Crippen LogP contribution in [0.25, 0.3) is 21.8 Å². The summed E-state index contributed by atoms with van der Waals surface area (Å²) in [5.74, 6) is -0.383. The molecule has 222 valence electrons. The van der Waals surface area contributed by atoms with Crippen LogP contribution in [-0.2, 0) is 17.8 Å². The minimum Gasteiger partial charge on any atom is -0.370 e. The highest BCUT2D eigenvalue weighted by Gasteiger charge is 2.21. The highest BCUT2D eigenvalue weighted by atomic mass is 16.2. The zero-order chi connectivity index (χ0) is 30.2. The fourth-order valence-electron chi connectivity index (χ4n) is 5.02. The van der Waals surface area contributed by atoms with Gasteiger partial charge in [0, 0.05) is 53.3 Å². The van der Waals surface area contributed by atoms with Gasteiger partial charge in [-0.05, 0) is 61.1 Å². The van der Waals surface area contributed by atoms with Crippen LogP contribution >= 0.6 is 0 Å². The van der Waals surface area contributed by atoms with E-state index in [1.807, 2.05) is 61.0 Å². The molecule has 12 nitrogen and oxygen atoms in total. The molecule has 0 saturated heterocycles. The molecule has 0 saturated carbocycles. The highest BCUT2D eigenvalue weighted by Crippen LogP contribution is 2.25. The average Bonchev–Trinajstić information content (AvgIpc) is 3.51. The minimum atomic E-state index is -0.704. The lowest BCUT2D eigenvalue weighted by atomic mass is 10.0. The van der Waals surface area contributed by atoms with Gasteiger partial charge in [0.25, 0.3) is 5.91 Å². The molecule has 0 radical (unpaired) electrons. The Balaban J connectivity index is 1.54. The van der Waals surface area contributed by atoms with Crippen molar-refractivity contribution in [3.05, 3.63) is 66.0 Å². The number of guanidine groups is 2. The third-order valence-corrected chi connectivity index (χ3v) is 6.89. The number of fused-ring (bicyclic) bond motifs is 2. The van der Waals surface area contributed by atoms with Crippen molar-refractivity contribution in [2.24, 2.45) is 38.8 Å². The summed E-state index contributed by atoms with van der Waals surface area (Å²) in [4.78, 5) is 37.8. The van der Waals surface area contributed by atoms with Crippen molar-refractivity contribution in [3.8, 4) is 0 Å². The van der Waals surface area contributed by atoms with E-state index < -0.39 is 6.04 Å². The van der Waals surface area contributed by atoms with Crippen molar-refractivity contribution >= 4 is 51.2 Å². The fraction of sp³-hybridized carbons (Fsp3) is 0.333. The zero-order valence-corrected chi connectivity index (χ0v) is 24.1. The van der Waals surface area contributed by atoms with E-state index in [0.29, 0.717) is 50.3 Å². The molecule has 1 unspecified atom stereocenters. The standard InChI is InChI=1S/C30H40N10O2/c1-18(2)14-24(39-30(33)34)27(41)38-21-8-9-25-20(15-21)16-26(40(25)13-5-11-36-29(31)32)28(42)35-12-10-19-17-37-23-7-4-3-6-22(19)23/h3-4,6-9,15-18,24,37H,5,10-14H2,1-2H3,(H,35,42)(H,38,41)(H4,31,32,36)(H4,33,34,39). The number of hydrogen-bond donors (Lipinski definition) is 7. The van der Waals surface area contributed by atoms with Crippen LogP contribution in [0.1, 0.15) is 42.7 Å². The number of carbonyl (C=O) groups excluding carboxylic acids is 2. The average molecular weight is 573 g/mol. The van der Waals surface area contributed by atoms with Crippen LogP contribution in [0.3, 0.4) is 0 Å². The predicted octanol–water partition coefficient (Wildman–Crippen LogP) is 2.39. The molecule has 4 aromatic rings. The Morgan fingerprint density at radius 1 is 1.02 bits per heavy atom. The number of aromatic amines is 1. The molecule has 2 aromatic heterocycles. The topological polar surface area (TPSA) is 208 Å². The van der Waals surface area contributed by atoms with E-state index in [1.165, 1.54) is 0 Å². The number of aliphatic imine (C=N–C) groups is 2. The highest BCUT2D eigenvalue weighted by molar-refractivity contribution is 6.01. The lowest BCUT2D eigenvalue weighted by molar-refractivity contribution is -0.117. The first-order chi connectivity index (χ1) is 20.1. The predicted molar refractivity (Wildman–Crippen MR) is 169 cm³/mol. The number of carbonyl (C=O) groups is 2. The van der Waals surface area contributed by atoms with Gasteiger partial charge in [-0.3, -0.25) is 14.6 Å². The SMILES string of the molecule is CC(C)CC(N=C(N)N)C(=O)Nc1ccc2c(c1)cc(C(=O)NCCc1c[nH]c3ccccc13)n2CCCN=C(N)N. The second-order valence-corrected chi connectivity index (χ2v) is 10.7. The van der Waals surface area contributed by atoms with Crippen LogP contribution in [0.15, 0.2) is 64.7 Å². The van der Waals surface area contributed by atoms with Gasteiger partial charge in [0.2, 0.25) is 5.91 Å². The molecule has 0 bridgehead atoms. The molecule has 4 rings (SSSR count). The molecule has 2 aromatic carbocycles. The normalized spacial score (nSPS) is 11.9. The number of para-hydroxylation sites is 1. The maximum atomic E-state index is 13.4. The Morgan fingerprint density at radius 3 is 2.55 bits per heavy atom. The summed E-state index contributed by atoms with van der Waals surface area (Å²) in [7, 11) is 0. The molecule has 12 heteroatoms. The Hall–Kier alpha value is -5.00. The second-order valence-electron chi connectivity index (χ2n) is 10.7. The third kappa shape index (κ3) is 7.59. The summed E-state index contributed by atoms with van der Waals surface area (Å²) in [6.07, 6.45) is 3.79.